The molecule has 0 aromatic carbocycles. The van der Waals surface area contributed by atoms with Crippen LogP contribution in [0.2, 0.25) is 0 Å². The molecule has 6 nitrogen and oxygen atoms in total. The lowest BCUT2D eigenvalue weighted by molar-refractivity contribution is 0.143. The minimum atomic E-state index is 0.497. The van der Waals surface area contributed by atoms with Crippen LogP contribution in [0.15, 0.2) is 23.3 Å². The molecule has 1 N–H and O–H groups in total. The molecule has 0 spiro atoms. The average molecular weight is 353 g/mol. The fourth-order valence-electron chi connectivity index (χ4n) is 2.58. The molecule has 24 heavy (non-hydrogen) atoms. The topological polar surface area (TPSA) is 59.0 Å². The number of nitrogens with zero attached hydrogens (tertiary/aromatic N) is 3. The van der Waals surface area contributed by atoms with Gasteiger partial charge in [0, 0.05) is 56.6 Å². The summed E-state index contributed by atoms with van der Waals surface area (Å²) in [6, 6.07) is 3.95. The van der Waals surface area contributed by atoms with Crippen molar-refractivity contribution in [3.63, 3.8) is 0 Å². The van der Waals surface area contributed by atoms with Gasteiger partial charge in [0.25, 0.3) is 0 Å². The van der Waals surface area contributed by atoms with Crippen LogP contribution in [0, 0.1) is 0 Å². The van der Waals surface area contributed by atoms with Gasteiger partial charge in [-0.2, -0.15) is 11.8 Å². The van der Waals surface area contributed by atoms with Crippen LogP contribution in [-0.4, -0.2) is 67.3 Å². The van der Waals surface area contributed by atoms with E-state index in [0.717, 1.165) is 30.4 Å². The van der Waals surface area contributed by atoms with Crippen molar-refractivity contribution in [1.29, 1.82) is 0 Å². The van der Waals surface area contributed by atoms with Crippen molar-refractivity contribution in [2.24, 2.45) is 4.99 Å². The molecule has 0 bridgehead atoms. The number of aliphatic imine (C=N–C) groups is 1. The Morgan fingerprint density at radius 3 is 3.12 bits per heavy atom. The zero-order valence-electron chi connectivity index (χ0n) is 14.8. The van der Waals surface area contributed by atoms with Gasteiger partial charge in [0.1, 0.15) is 6.61 Å². The second-order valence-electron chi connectivity index (χ2n) is 5.56. The first-order chi connectivity index (χ1) is 11.8. The maximum atomic E-state index is 5.69. The van der Waals surface area contributed by atoms with Gasteiger partial charge in [-0.25, -0.2) is 4.98 Å². The molecule has 1 unspecified atom stereocenters. The monoisotopic (exact) mass is 352 g/mol. The molecule has 1 aromatic heterocycles. The Labute approximate surface area is 149 Å². The van der Waals surface area contributed by atoms with Crippen molar-refractivity contribution >= 4 is 17.7 Å². The van der Waals surface area contributed by atoms with Crippen LogP contribution in [0.1, 0.15) is 18.9 Å². The van der Waals surface area contributed by atoms with Crippen LogP contribution in [0.5, 0.6) is 5.88 Å². The van der Waals surface area contributed by atoms with E-state index in [-0.39, 0.29) is 0 Å². The van der Waals surface area contributed by atoms with Gasteiger partial charge in [-0.1, -0.05) is 13.0 Å². The van der Waals surface area contributed by atoms with Crippen molar-refractivity contribution in [2.45, 2.75) is 25.1 Å². The van der Waals surface area contributed by atoms with Gasteiger partial charge in [-0.15, -0.1) is 0 Å². The minimum absolute atomic E-state index is 0.497. The zero-order chi connectivity index (χ0) is 17.2. The van der Waals surface area contributed by atoms with E-state index in [1.165, 1.54) is 6.42 Å². The Morgan fingerprint density at radius 2 is 2.38 bits per heavy atom. The average Bonchev–Trinajstić information content (AvgIpc) is 2.64. The number of aromatic nitrogens is 1. The first kappa shape index (κ1) is 18.9. The smallest absolute Gasteiger partial charge is 0.218 e. The summed E-state index contributed by atoms with van der Waals surface area (Å²) in [5.74, 6) is 2.75. The summed E-state index contributed by atoms with van der Waals surface area (Å²) in [4.78, 5) is 11.1. The zero-order valence-corrected chi connectivity index (χ0v) is 15.6. The molecule has 134 valence electrons. The summed E-state index contributed by atoms with van der Waals surface area (Å²) in [7, 11) is 3.50. The van der Waals surface area contributed by atoms with E-state index in [0.29, 0.717) is 30.9 Å². The molecule has 1 aliphatic rings. The molecule has 2 heterocycles. The maximum absolute atomic E-state index is 5.69. The van der Waals surface area contributed by atoms with Crippen LogP contribution in [0.4, 0.5) is 0 Å². The van der Waals surface area contributed by atoms with Crippen molar-refractivity contribution in [1.82, 2.24) is 15.2 Å². The first-order valence-electron chi connectivity index (χ1n) is 8.41. The van der Waals surface area contributed by atoms with Crippen molar-refractivity contribution in [3.8, 4) is 5.88 Å². The molecule has 1 atom stereocenters. The highest BCUT2D eigenvalue weighted by atomic mass is 32.2. The number of hydrogen-bond acceptors (Lipinski definition) is 5. The molecule has 1 fully saturated rings. The molecular weight excluding hydrogens is 324 g/mol. The fraction of sp³-hybridized carbons (Fsp3) is 0.647. The third-order valence-electron chi connectivity index (χ3n) is 3.92. The Balaban J connectivity index is 1.93. The Kier molecular flexibility index (Phi) is 8.18. The van der Waals surface area contributed by atoms with E-state index in [2.05, 4.69) is 38.9 Å². The predicted octanol–water partition coefficient (Wildman–Crippen LogP) is 2.01. The highest BCUT2D eigenvalue weighted by molar-refractivity contribution is 8.00. The summed E-state index contributed by atoms with van der Waals surface area (Å²) in [6.45, 7) is 6.02. The quantitative estimate of drug-likeness (QED) is 0.460. The number of pyridine rings is 1. The maximum Gasteiger partial charge on any atom is 0.218 e. The van der Waals surface area contributed by atoms with E-state index >= 15 is 0 Å². The van der Waals surface area contributed by atoms with Gasteiger partial charge in [-0.3, -0.25) is 4.99 Å². The van der Waals surface area contributed by atoms with Gasteiger partial charge in [0.2, 0.25) is 5.88 Å². The van der Waals surface area contributed by atoms with Crippen LogP contribution in [0.25, 0.3) is 0 Å². The largest absolute Gasteiger partial charge is 0.475 e. The lowest BCUT2D eigenvalue weighted by atomic mass is 10.2. The number of methoxy groups -OCH3 is 1. The summed E-state index contributed by atoms with van der Waals surface area (Å²) in [5.41, 5.74) is 1.02. The number of guanidine groups is 1. The summed E-state index contributed by atoms with van der Waals surface area (Å²) in [6.07, 6.45) is 2.94. The van der Waals surface area contributed by atoms with Crippen LogP contribution >= 0.6 is 11.8 Å². The molecule has 1 aromatic rings. The normalized spacial score (nSPS) is 18.5. The highest BCUT2D eigenvalue weighted by Gasteiger charge is 2.21. The van der Waals surface area contributed by atoms with Crippen LogP contribution in [0.3, 0.4) is 0 Å². The Morgan fingerprint density at radius 1 is 1.50 bits per heavy atom. The molecule has 2 rings (SSSR count). The van der Waals surface area contributed by atoms with E-state index in [9.17, 15) is 0 Å². The number of ether oxygens (including phenoxy) is 2. The van der Waals surface area contributed by atoms with E-state index < -0.39 is 0 Å². The third-order valence-corrected chi connectivity index (χ3v) is 5.29. The van der Waals surface area contributed by atoms with Crippen LogP contribution < -0.4 is 10.1 Å². The summed E-state index contributed by atoms with van der Waals surface area (Å²) < 4.78 is 10.7. The second-order valence-corrected chi connectivity index (χ2v) is 6.97. The van der Waals surface area contributed by atoms with Crippen LogP contribution in [-0.2, 0) is 11.3 Å². The first-order valence-corrected chi connectivity index (χ1v) is 9.46. The van der Waals surface area contributed by atoms with Gasteiger partial charge >= 0.3 is 0 Å². The highest BCUT2D eigenvalue weighted by Crippen LogP contribution is 2.21. The number of thioether (sulfide) groups is 1. The SMILES string of the molecule is CCC1CN(C(=NC)NCc2cccnc2OCCOC)CCS1. The fourth-order valence-corrected chi connectivity index (χ4v) is 3.76. The number of rotatable bonds is 7. The molecule has 0 aliphatic carbocycles. The summed E-state index contributed by atoms with van der Waals surface area (Å²) >= 11 is 2.06. The number of hydrogen-bond donors (Lipinski definition) is 1. The lowest BCUT2D eigenvalue weighted by Gasteiger charge is -2.34. The molecule has 7 heteroatoms. The molecule has 1 aliphatic heterocycles. The summed E-state index contributed by atoms with van der Waals surface area (Å²) in [5, 5.41) is 4.13. The van der Waals surface area contributed by atoms with E-state index in [1.807, 2.05) is 19.2 Å². The van der Waals surface area contributed by atoms with Crippen molar-refractivity contribution in [3.05, 3.63) is 23.9 Å². The molecule has 0 radical (unpaired) electrons. The Bertz CT molecular complexity index is 527. The van der Waals surface area contributed by atoms with Gasteiger partial charge < -0.3 is 19.7 Å². The van der Waals surface area contributed by atoms with Crippen molar-refractivity contribution < 1.29 is 9.47 Å². The second kappa shape index (κ2) is 10.4. The molecular formula is C17H28N4O2S. The minimum Gasteiger partial charge on any atom is -0.475 e. The van der Waals surface area contributed by atoms with Gasteiger partial charge in [0.05, 0.1) is 6.61 Å². The molecule has 0 saturated carbocycles. The standard InChI is InChI=1S/C17H28N4O2S/c1-4-15-13-21(8-11-24-15)17(18-2)20-12-14-6-5-7-19-16(14)23-10-9-22-3/h5-7,15H,4,8-13H2,1-3H3,(H,18,20). The predicted molar refractivity (Wildman–Crippen MR) is 99.9 cm³/mol. The van der Waals surface area contributed by atoms with Crippen molar-refractivity contribution in [2.75, 3.05) is 46.2 Å². The number of nitrogens with one attached hydrogen (secondary N) is 1. The molecule has 0 amide bonds. The van der Waals surface area contributed by atoms with Gasteiger partial charge in [-0.05, 0) is 12.5 Å². The molecule has 1 saturated heterocycles. The Hall–Kier alpha value is -1.47. The van der Waals surface area contributed by atoms with E-state index in [1.54, 1.807) is 13.3 Å². The third kappa shape index (κ3) is 5.56. The van der Waals surface area contributed by atoms with Gasteiger partial charge in [0.15, 0.2) is 5.96 Å². The lowest BCUT2D eigenvalue weighted by Crippen LogP contribution is -2.47. The van der Waals surface area contributed by atoms with E-state index in [4.69, 9.17) is 9.47 Å².